The van der Waals surface area contributed by atoms with Crippen LogP contribution in [0.2, 0.25) is 0 Å². The lowest BCUT2D eigenvalue weighted by Gasteiger charge is -2.10. The Kier molecular flexibility index (Phi) is 2.71. The van der Waals surface area contributed by atoms with Crippen LogP contribution in [0.1, 0.15) is 6.42 Å². The third-order valence-corrected chi connectivity index (χ3v) is 3.66. The molecule has 1 atom stereocenters. The molecule has 1 N–H and O–H groups in total. The Morgan fingerprint density at radius 2 is 2.50 bits per heavy atom. The highest BCUT2D eigenvalue weighted by atomic mass is 32.1. The second-order valence-electron chi connectivity index (χ2n) is 3.99. The molecule has 0 aromatic carbocycles. The maximum atomic E-state index is 5.78. The number of aromatic nitrogens is 2. The van der Waals surface area contributed by atoms with Gasteiger partial charge >= 0.3 is 0 Å². The second kappa shape index (κ2) is 4.35. The molecule has 2 aromatic rings. The number of nitrogens with zero attached hydrogens (tertiary/aromatic N) is 2. The zero-order chi connectivity index (χ0) is 10.8. The van der Waals surface area contributed by atoms with Gasteiger partial charge in [-0.25, -0.2) is 9.97 Å². The molecular weight excluding hydrogens is 222 g/mol. The summed E-state index contributed by atoms with van der Waals surface area (Å²) >= 11 is 1.62. The van der Waals surface area contributed by atoms with Gasteiger partial charge in [0.2, 0.25) is 5.88 Å². The van der Waals surface area contributed by atoms with Crippen LogP contribution in [0.5, 0.6) is 5.88 Å². The smallest absolute Gasteiger partial charge is 0.225 e. The molecule has 3 rings (SSSR count). The Hall–Kier alpha value is -1.20. The molecule has 1 unspecified atom stereocenters. The Labute approximate surface area is 97.7 Å². The summed E-state index contributed by atoms with van der Waals surface area (Å²) in [5.74, 6) is 1.34. The van der Waals surface area contributed by atoms with Crippen molar-refractivity contribution in [2.24, 2.45) is 5.92 Å². The predicted octanol–water partition coefficient (Wildman–Crippen LogP) is 1.68. The number of hydrogen-bond acceptors (Lipinski definition) is 5. The van der Waals surface area contributed by atoms with Crippen molar-refractivity contribution < 1.29 is 4.74 Å². The molecule has 1 aliphatic heterocycles. The van der Waals surface area contributed by atoms with Crippen LogP contribution in [0.3, 0.4) is 0 Å². The zero-order valence-corrected chi connectivity index (χ0v) is 9.67. The lowest BCUT2D eigenvalue weighted by molar-refractivity contribution is 0.254. The number of fused-ring (bicyclic) bond motifs is 1. The van der Waals surface area contributed by atoms with Crippen molar-refractivity contribution in [3.63, 3.8) is 0 Å². The van der Waals surface area contributed by atoms with Crippen LogP contribution >= 0.6 is 11.3 Å². The molecule has 3 heterocycles. The van der Waals surface area contributed by atoms with Gasteiger partial charge in [0.15, 0.2) is 0 Å². The molecule has 0 spiro atoms. The van der Waals surface area contributed by atoms with Gasteiger partial charge in [-0.1, -0.05) is 0 Å². The van der Waals surface area contributed by atoms with Crippen molar-refractivity contribution in [1.82, 2.24) is 15.3 Å². The molecule has 16 heavy (non-hydrogen) atoms. The van der Waals surface area contributed by atoms with E-state index in [2.05, 4.69) is 15.3 Å². The van der Waals surface area contributed by atoms with Gasteiger partial charge in [0.05, 0.1) is 12.0 Å². The molecular formula is C11H13N3OS. The van der Waals surface area contributed by atoms with Gasteiger partial charge < -0.3 is 10.1 Å². The van der Waals surface area contributed by atoms with Gasteiger partial charge in [0, 0.05) is 12.5 Å². The molecule has 1 aliphatic rings. The van der Waals surface area contributed by atoms with Crippen LogP contribution in [-0.4, -0.2) is 29.7 Å². The number of hydrogen-bond donors (Lipinski definition) is 1. The maximum Gasteiger partial charge on any atom is 0.225 e. The van der Waals surface area contributed by atoms with E-state index in [1.807, 2.05) is 11.4 Å². The standard InChI is InChI=1S/C11H13N3OS/c1-3-12-5-8(1)6-15-10-9-2-4-16-11(9)14-7-13-10/h2,4,7-8,12H,1,3,5-6H2. The van der Waals surface area contributed by atoms with Crippen LogP contribution < -0.4 is 10.1 Å². The summed E-state index contributed by atoms with van der Waals surface area (Å²) in [5.41, 5.74) is 0. The summed E-state index contributed by atoms with van der Waals surface area (Å²) in [7, 11) is 0. The topological polar surface area (TPSA) is 47.0 Å². The first-order valence-corrected chi connectivity index (χ1v) is 6.33. The maximum absolute atomic E-state index is 5.78. The van der Waals surface area contributed by atoms with E-state index in [1.54, 1.807) is 17.7 Å². The van der Waals surface area contributed by atoms with Gasteiger partial charge in [0.25, 0.3) is 0 Å². The Bertz CT molecular complexity index is 479. The fourth-order valence-corrected chi connectivity index (χ4v) is 2.66. The van der Waals surface area contributed by atoms with Gasteiger partial charge in [-0.3, -0.25) is 0 Å². The van der Waals surface area contributed by atoms with E-state index < -0.39 is 0 Å². The monoisotopic (exact) mass is 235 g/mol. The van der Waals surface area contributed by atoms with Crippen LogP contribution in [-0.2, 0) is 0 Å². The molecule has 0 bridgehead atoms. The molecule has 0 saturated carbocycles. The fourth-order valence-electron chi connectivity index (χ4n) is 1.94. The average molecular weight is 235 g/mol. The predicted molar refractivity (Wildman–Crippen MR) is 63.9 cm³/mol. The van der Waals surface area contributed by atoms with E-state index in [0.717, 1.165) is 35.8 Å². The van der Waals surface area contributed by atoms with E-state index in [9.17, 15) is 0 Å². The number of ether oxygens (including phenoxy) is 1. The first-order chi connectivity index (χ1) is 7.93. The lowest BCUT2D eigenvalue weighted by atomic mass is 10.1. The van der Waals surface area contributed by atoms with Crippen molar-refractivity contribution in [3.05, 3.63) is 17.8 Å². The highest BCUT2D eigenvalue weighted by Crippen LogP contribution is 2.25. The van der Waals surface area contributed by atoms with E-state index in [4.69, 9.17) is 4.74 Å². The van der Waals surface area contributed by atoms with Gasteiger partial charge in [-0.2, -0.15) is 0 Å². The fraction of sp³-hybridized carbons (Fsp3) is 0.455. The Morgan fingerprint density at radius 3 is 3.38 bits per heavy atom. The van der Waals surface area contributed by atoms with Crippen molar-refractivity contribution in [2.45, 2.75) is 6.42 Å². The molecule has 0 amide bonds. The van der Waals surface area contributed by atoms with Gasteiger partial charge in [-0.05, 0) is 24.4 Å². The molecule has 0 radical (unpaired) electrons. The van der Waals surface area contributed by atoms with Crippen molar-refractivity contribution >= 4 is 21.6 Å². The van der Waals surface area contributed by atoms with Crippen LogP contribution in [0.15, 0.2) is 17.8 Å². The molecule has 0 aliphatic carbocycles. The van der Waals surface area contributed by atoms with Crippen LogP contribution in [0.25, 0.3) is 10.2 Å². The normalized spacial score (nSPS) is 20.4. The minimum atomic E-state index is 0.614. The zero-order valence-electron chi connectivity index (χ0n) is 8.85. The van der Waals surface area contributed by atoms with E-state index in [-0.39, 0.29) is 0 Å². The second-order valence-corrected chi connectivity index (χ2v) is 4.88. The van der Waals surface area contributed by atoms with Gasteiger partial charge in [0.1, 0.15) is 11.2 Å². The van der Waals surface area contributed by atoms with Crippen molar-refractivity contribution in [2.75, 3.05) is 19.7 Å². The first-order valence-electron chi connectivity index (χ1n) is 5.45. The largest absolute Gasteiger partial charge is 0.477 e. The molecule has 4 nitrogen and oxygen atoms in total. The summed E-state index contributed by atoms with van der Waals surface area (Å²) in [6.45, 7) is 2.90. The Balaban J connectivity index is 1.75. The Morgan fingerprint density at radius 1 is 1.50 bits per heavy atom. The van der Waals surface area contributed by atoms with Crippen LogP contribution in [0.4, 0.5) is 0 Å². The molecule has 5 heteroatoms. The minimum Gasteiger partial charge on any atom is -0.477 e. The lowest BCUT2D eigenvalue weighted by Crippen LogP contribution is -2.15. The number of nitrogens with one attached hydrogen (secondary N) is 1. The summed E-state index contributed by atoms with van der Waals surface area (Å²) in [6.07, 6.45) is 2.76. The van der Waals surface area contributed by atoms with Crippen molar-refractivity contribution in [1.29, 1.82) is 0 Å². The molecule has 1 saturated heterocycles. The minimum absolute atomic E-state index is 0.614. The molecule has 84 valence electrons. The molecule has 2 aromatic heterocycles. The summed E-state index contributed by atoms with van der Waals surface area (Å²) < 4.78 is 5.78. The molecule has 1 fully saturated rings. The first kappa shape index (κ1) is 9.99. The third-order valence-electron chi connectivity index (χ3n) is 2.84. The number of thiophene rings is 1. The highest BCUT2D eigenvalue weighted by Gasteiger charge is 2.16. The van der Waals surface area contributed by atoms with E-state index in [1.165, 1.54) is 6.42 Å². The quantitative estimate of drug-likeness (QED) is 0.879. The van der Waals surface area contributed by atoms with Gasteiger partial charge in [-0.15, -0.1) is 11.3 Å². The van der Waals surface area contributed by atoms with E-state index >= 15 is 0 Å². The third kappa shape index (κ3) is 1.88. The van der Waals surface area contributed by atoms with E-state index in [0.29, 0.717) is 5.92 Å². The highest BCUT2D eigenvalue weighted by molar-refractivity contribution is 7.16. The summed E-state index contributed by atoms with van der Waals surface area (Å²) in [6, 6.07) is 2.02. The number of rotatable bonds is 3. The summed E-state index contributed by atoms with van der Waals surface area (Å²) in [5, 5.41) is 6.37. The summed E-state index contributed by atoms with van der Waals surface area (Å²) in [4.78, 5) is 9.38. The van der Waals surface area contributed by atoms with Crippen molar-refractivity contribution in [3.8, 4) is 5.88 Å². The average Bonchev–Trinajstić information content (AvgIpc) is 2.97. The van der Waals surface area contributed by atoms with Crippen LogP contribution in [0, 0.1) is 5.92 Å². The SMILES string of the molecule is c1nc(OCC2CCNC2)c2ccsc2n1.